The molecule has 0 aromatic heterocycles. The van der Waals surface area contributed by atoms with Crippen LogP contribution in [0.3, 0.4) is 0 Å². The van der Waals surface area contributed by atoms with Crippen molar-refractivity contribution in [3.8, 4) is 0 Å². The molecular weight excluding hydrogens is 168 g/mol. The number of hydroxylamine groups is 2. The van der Waals surface area contributed by atoms with E-state index in [2.05, 4.69) is 0 Å². The SMILES string of the molecule is CC1(C)CC(ON)CC(C)(C)N1[O]. The molecule has 2 N–H and O–H groups in total. The van der Waals surface area contributed by atoms with E-state index in [1.165, 1.54) is 0 Å². The molecule has 4 nitrogen and oxygen atoms in total. The van der Waals surface area contributed by atoms with Gasteiger partial charge in [-0.3, -0.25) is 0 Å². The van der Waals surface area contributed by atoms with E-state index in [9.17, 15) is 5.21 Å². The van der Waals surface area contributed by atoms with Gasteiger partial charge in [0, 0.05) is 11.1 Å². The first kappa shape index (κ1) is 10.9. The maximum absolute atomic E-state index is 11.9. The summed E-state index contributed by atoms with van der Waals surface area (Å²) in [6.07, 6.45) is 1.38. The van der Waals surface area contributed by atoms with Gasteiger partial charge in [-0.25, -0.2) is 5.90 Å². The largest absolute Gasteiger partial charge is 0.301 e. The number of nitrogens with zero attached hydrogens (tertiary/aromatic N) is 1. The molecule has 0 saturated carbocycles. The van der Waals surface area contributed by atoms with Crippen molar-refractivity contribution in [1.29, 1.82) is 0 Å². The van der Waals surface area contributed by atoms with E-state index in [0.29, 0.717) is 12.8 Å². The number of nitrogens with two attached hydrogens (primary N) is 1. The van der Waals surface area contributed by atoms with Crippen LogP contribution in [-0.4, -0.2) is 22.2 Å². The molecule has 1 rings (SSSR count). The summed E-state index contributed by atoms with van der Waals surface area (Å²) in [5.74, 6) is 5.17. The highest BCUT2D eigenvalue weighted by Crippen LogP contribution is 2.37. The average Bonchev–Trinajstić information content (AvgIpc) is 1.99. The molecule has 0 amide bonds. The van der Waals surface area contributed by atoms with Gasteiger partial charge in [0.25, 0.3) is 0 Å². The Kier molecular flexibility index (Phi) is 2.69. The van der Waals surface area contributed by atoms with E-state index in [-0.39, 0.29) is 17.2 Å². The first-order valence-corrected chi connectivity index (χ1v) is 4.62. The van der Waals surface area contributed by atoms with Crippen molar-refractivity contribution >= 4 is 0 Å². The summed E-state index contributed by atoms with van der Waals surface area (Å²) in [4.78, 5) is 4.85. The summed E-state index contributed by atoms with van der Waals surface area (Å²) >= 11 is 0. The fourth-order valence-corrected chi connectivity index (χ4v) is 2.27. The molecule has 0 spiro atoms. The van der Waals surface area contributed by atoms with E-state index >= 15 is 0 Å². The Morgan fingerprint density at radius 3 is 1.92 bits per heavy atom. The van der Waals surface area contributed by atoms with Crippen LogP contribution in [0.4, 0.5) is 0 Å². The molecule has 0 aliphatic carbocycles. The average molecular weight is 187 g/mol. The van der Waals surface area contributed by atoms with Gasteiger partial charge in [-0.05, 0) is 40.5 Å². The van der Waals surface area contributed by atoms with Crippen molar-refractivity contribution in [3.63, 3.8) is 0 Å². The summed E-state index contributed by atoms with van der Waals surface area (Å²) in [7, 11) is 0. The lowest BCUT2D eigenvalue weighted by molar-refractivity contribution is -0.301. The van der Waals surface area contributed by atoms with Gasteiger partial charge in [-0.1, -0.05) is 0 Å². The van der Waals surface area contributed by atoms with Gasteiger partial charge in [0.15, 0.2) is 0 Å². The molecule has 0 aromatic carbocycles. The van der Waals surface area contributed by atoms with Gasteiger partial charge in [-0.15, -0.1) is 10.3 Å². The molecule has 1 heterocycles. The zero-order chi connectivity index (χ0) is 10.3. The summed E-state index contributed by atoms with van der Waals surface area (Å²) in [5, 5.41) is 13.0. The Morgan fingerprint density at radius 1 is 1.23 bits per heavy atom. The maximum atomic E-state index is 11.9. The van der Waals surface area contributed by atoms with Crippen molar-refractivity contribution in [3.05, 3.63) is 0 Å². The van der Waals surface area contributed by atoms with Crippen LogP contribution in [0.2, 0.25) is 0 Å². The Bertz CT molecular complexity index is 174. The number of rotatable bonds is 1. The molecule has 0 atom stereocenters. The molecule has 0 aromatic rings. The topological polar surface area (TPSA) is 58.4 Å². The van der Waals surface area contributed by atoms with Gasteiger partial charge < -0.3 is 4.84 Å². The third kappa shape index (κ3) is 2.02. The van der Waals surface area contributed by atoms with Gasteiger partial charge in [-0.2, -0.15) is 0 Å². The molecule has 1 aliphatic rings. The van der Waals surface area contributed by atoms with Gasteiger partial charge in [0.05, 0.1) is 6.10 Å². The minimum absolute atomic E-state index is 0.00444. The fourth-order valence-electron chi connectivity index (χ4n) is 2.27. The second kappa shape index (κ2) is 3.20. The van der Waals surface area contributed by atoms with Crippen LogP contribution >= 0.6 is 0 Å². The lowest BCUT2D eigenvalue weighted by Crippen LogP contribution is -2.60. The van der Waals surface area contributed by atoms with E-state index < -0.39 is 0 Å². The Labute approximate surface area is 79.6 Å². The van der Waals surface area contributed by atoms with Crippen molar-refractivity contribution in [2.24, 2.45) is 5.90 Å². The second-order valence-corrected chi connectivity index (χ2v) is 5.09. The highest BCUT2D eigenvalue weighted by Gasteiger charge is 2.46. The van der Waals surface area contributed by atoms with Crippen molar-refractivity contribution in [2.45, 2.75) is 57.7 Å². The van der Waals surface area contributed by atoms with E-state index in [0.717, 1.165) is 5.06 Å². The highest BCUT2D eigenvalue weighted by molar-refractivity contribution is 4.96. The number of hydrogen-bond donors (Lipinski definition) is 1. The lowest BCUT2D eigenvalue weighted by Gasteiger charge is -2.49. The zero-order valence-corrected chi connectivity index (χ0v) is 8.83. The quantitative estimate of drug-likeness (QED) is 0.628. The first-order chi connectivity index (χ1) is 5.79. The first-order valence-electron chi connectivity index (χ1n) is 4.62. The predicted octanol–water partition coefficient (Wildman–Crippen LogP) is 1.24. The van der Waals surface area contributed by atoms with E-state index in [4.69, 9.17) is 10.7 Å². The van der Waals surface area contributed by atoms with Crippen LogP contribution in [0.25, 0.3) is 0 Å². The zero-order valence-electron chi connectivity index (χ0n) is 8.83. The van der Waals surface area contributed by atoms with Crippen molar-refractivity contribution in [1.82, 2.24) is 5.06 Å². The molecule has 0 unspecified atom stereocenters. The Balaban J connectivity index is 2.82. The molecular formula is C9H19N2O2. The van der Waals surface area contributed by atoms with Crippen molar-refractivity contribution in [2.75, 3.05) is 0 Å². The van der Waals surface area contributed by atoms with Crippen molar-refractivity contribution < 1.29 is 10.0 Å². The van der Waals surface area contributed by atoms with Crippen LogP contribution in [0.1, 0.15) is 40.5 Å². The smallest absolute Gasteiger partial charge is 0.0824 e. The minimum atomic E-state index is -0.383. The maximum Gasteiger partial charge on any atom is 0.0824 e. The summed E-state index contributed by atoms with van der Waals surface area (Å²) in [6.45, 7) is 7.69. The van der Waals surface area contributed by atoms with Gasteiger partial charge in [0.1, 0.15) is 0 Å². The number of hydrogen-bond acceptors (Lipinski definition) is 3. The number of piperidine rings is 1. The summed E-state index contributed by atoms with van der Waals surface area (Å²) < 4.78 is 0. The van der Waals surface area contributed by atoms with Crippen LogP contribution in [-0.2, 0) is 10.0 Å². The monoisotopic (exact) mass is 187 g/mol. The van der Waals surface area contributed by atoms with Crippen LogP contribution in [0.5, 0.6) is 0 Å². The highest BCUT2D eigenvalue weighted by atomic mass is 16.6. The molecule has 13 heavy (non-hydrogen) atoms. The van der Waals surface area contributed by atoms with E-state index in [1.54, 1.807) is 0 Å². The van der Waals surface area contributed by atoms with Crippen LogP contribution < -0.4 is 5.90 Å². The molecule has 1 aliphatic heterocycles. The van der Waals surface area contributed by atoms with Gasteiger partial charge in [0.2, 0.25) is 0 Å². The summed E-state index contributed by atoms with van der Waals surface area (Å²) in [5.41, 5.74) is -0.766. The minimum Gasteiger partial charge on any atom is -0.301 e. The third-order valence-corrected chi connectivity index (χ3v) is 2.75. The fraction of sp³-hybridized carbons (Fsp3) is 1.00. The van der Waals surface area contributed by atoms with Gasteiger partial charge >= 0.3 is 0 Å². The standard InChI is InChI=1S/C9H19N2O2/c1-8(2)5-7(13-10)6-9(3,4)11(8)12/h7H,5-6,10H2,1-4H3. The molecule has 4 heteroatoms. The summed E-state index contributed by atoms with van der Waals surface area (Å²) in [6, 6.07) is 0. The normalized spacial score (nSPS) is 29.1. The Morgan fingerprint density at radius 2 is 1.62 bits per heavy atom. The van der Waals surface area contributed by atoms with Crippen LogP contribution in [0.15, 0.2) is 0 Å². The molecule has 1 fully saturated rings. The molecule has 0 bridgehead atoms. The third-order valence-electron chi connectivity index (χ3n) is 2.75. The lowest BCUT2D eigenvalue weighted by atomic mass is 9.80. The Hall–Kier alpha value is -0.160. The predicted molar refractivity (Wildman–Crippen MR) is 49.0 cm³/mol. The molecule has 77 valence electrons. The molecule has 1 radical (unpaired) electrons. The van der Waals surface area contributed by atoms with Crippen LogP contribution in [0, 0.1) is 0 Å². The molecule has 1 saturated heterocycles. The van der Waals surface area contributed by atoms with E-state index in [1.807, 2.05) is 27.7 Å². The second-order valence-electron chi connectivity index (χ2n) is 5.09.